The van der Waals surface area contributed by atoms with Crippen LogP contribution in [0, 0.1) is 6.92 Å². The Balaban J connectivity index is 2.23. The number of amides is 1. The lowest BCUT2D eigenvalue weighted by molar-refractivity contribution is 0.0636. The predicted molar refractivity (Wildman–Crippen MR) is 95.5 cm³/mol. The van der Waals surface area contributed by atoms with E-state index < -0.39 is 22.8 Å². The van der Waals surface area contributed by atoms with Crippen molar-refractivity contribution in [2.24, 2.45) is 0 Å². The van der Waals surface area contributed by atoms with E-state index >= 15 is 0 Å². The van der Waals surface area contributed by atoms with Crippen molar-refractivity contribution in [3.05, 3.63) is 48.0 Å². The van der Waals surface area contributed by atoms with Gasteiger partial charge < -0.3 is 9.29 Å². The van der Waals surface area contributed by atoms with E-state index in [-0.39, 0.29) is 0 Å². The first-order valence-electron chi connectivity index (χ1n) is 7.48. The molecule has 2 rings (SSSR count). The first-order valence-corrected chi connectivity index (χ1v) is 8.58. The summed E-state index contributed by atoms with van der Waals surface area (Å²) in [5.41, 5.74) is 2.78. The molecule has 6 heteroatoms. The van der Waals surface area contributed by atoms with Gasteiger partial charge >= 0.3 is 6.09 Å². The maximum Gasteiger partial charge on any atom is 0.412 e. The lowest BCUT2D eigenvalue weighted by Gasteiger charge is -2.20. The highest BCUT2D eigenvalue weighted by molar-refractivity contribution is 7.79. The van der Waals surface area contributed by atoms with Gasteiger partial charge in [0.1, 0.15) is 5.60 Å². The SMILES string of the molecule is Cc1cc(NC(=O)OC(C)(C)C)ccc1-c1cccc(S(=O)O)c1. The molecule has 0 aliphatic heterocycles. The highest BCUT2D eigenvalue weighted by Gasteiger charge is 2.16. The Labute approximate surface area is 144 Å². The molecule has 1 unspecified atom stereocenters. The minimum atomic E-state index is -2.02. The Morgan fingerprint density at radius 2 is 1.88 bits per heavy atom. The van der Waals surface area contributed by atoms with E-state index in [4.69, 9.17) is 4.74 Å². The van der Waals surface area contributed by atoms with E-state index in [1.165, 1.54) is 0 Å². The number of benzene rings is 2. The van der Waals surface area contributed by atoms with Crippen molar-refractivity contribution in [1.29, 1.82) is 0 Å². The summed E-state index contributed by atoms with van der Waals surface area (Å²) in [6.45, 7) is 7.33. The number of anilines is 1. The summed E-state index contributed by atoms with van der Waals surface area (Å²) in [7, 11) is 0. The van der Waals surface area contributed by atoms with Crippen LogP contribution in [-0.2, 0) is 15.8 Å². The van der Waals surface area contributed by atoms with Crippen LogP contribution in [0.2, 0.25) is 0 Å². The van der Waals surface area contributed by atoms with Crippen molar-refractivity contribution in [2.75, 3.05) is 5.32 Å². The molecule has 1 atom stereocenters. The molecule has 0 saturated carbocycles. The Bertz CT molecular complexity index is 781. The highest BCUT2D eigenvalue weighted by atomic mass is 32.2. The van der Waals surface area contributed by atoms with Crippen LogP contribution in [-0.4, -0.2) is 20.5 Å². The summed E-state index contributed by atoms with van der Waals surface area (Å²) < 4.78 is 25.6. The predicted octanol–water partition coefficient (Wildman–Crippen LogP) is 4.59. The molecule has 128 valence electrons. The second kappa shape index (κ2) is 7.15. The Morgan fingerprint density at radius 1 is 1.17 bits per heavy atom. The van der Waals surface area contributed by atoms with Gasteiger partial charge in [-0.25, -0.2) is 9.00 Å². The molecule has 0 aliphatic carbocycles. The van der Waals surface area contributed by atoms with Crippen LogP contribution < -0.4 is 5.32 Å². The van der Waals surface area contributed by atoms with Gasteiger partial charge in [0.2, 0.25) is 0 Å². The number of hydrogen-bond acceptors (Lipinski definition) is 3. The first kappa shape index (κ1) is 18.2. The summed E-state index contributed by atoms with van der Waals surface area (Å²) in [5.74, 6) is 0. The third-order valence-electron chi connectivity index (χ3n) is 3.22. The summed E-state index contributed by atoms with van der Waals surface area (Å²) in [5, 5.41) is 2.70. The Hall–Kier alpha value is -2.18. The average molecular weight is 347 g/mol. The van der Waals surface area contributed by atoms with Crippen molar-refractivity contribution >= 4 is 22.9 Å². The summed E-state index contributed by atoms with van der Waals surface area (Å²) >= 11 is -2.02. The van der Waals surface area contributed by atoms with Gasteiger partial charge in [0.15, 0.2) is 11.1 Å². The fraction of sp³-hybridized carbons (Fsp3) is 0.278. The maximum atomic E-state index is 11.8. The molecule has 0 heterocycles. The second-order valence-electron chi connectivity index (χ2n) is 6.43. The zero-order chi connectivity index (χ0) is 17.9. The lowest BCUT2D eigenvalue weighted by atomic mass is 10.00. The van der Waals surface area contributed by atoms with Crippen molar-refractivity contribution in [3.8, 4) is 11.1 Å². The first-order chi connectivity index (χ1) is 11.2. The topological polar surface area (TPSA) is 75.6 Å². The van der Waals surface area contributed by atoms with Crippen LogP contribution in [0.15, 0.2) is 47.4 Å². The molecular formula is C18H21NO4S. The largest absolute Gasteiger partial charge is 0.444 e. The maximum absolute atomic E-state index is 11.8. The third-order valence-corrected chi connectivity index (χ3v) is 3.88. The third kappa shape index (κ3) is 4.91. The van der Waals surface area contributed by atoms with Gasteiger partial charge in [-0.05, 0) is 68.7 Å². The monoisotopic (exact) mass is 347 g/mol. The molecule has 0 fully saturated rings. The van der Waals surface area contributed by atoms with E-state index in [1.54, 1.807) is 45.0 Å². The summed E-state index contributed by atoms with van der Waals surface area (Å²) in [6, 6.07) is 12.4. The molecule has 0 radical (unpaired) electrons. The van der Waals surface area contributed by atoms with Crippen LogP contribution in [0.1, 0.15) is 26.3 Å². The van der Waals surface area contributed by atoms with Gasteiger partial charge in [-0.3, -0.25) is 5.32 Å². The molecule has 5 nitrogen and oxygen atoms in total. The molecular weight excluding hydrogens is 326 g/mol. The molecule has 0 aliphatic rings. The van der Waals surface area contributed by atoms with Gasteiger partial charge in [0.25, 0.3) is 0 Å². The van der Waals surface area contributed by atoms with E-state index in [2.05, 4.69) is 5.32 Å². The molecule has 0 spiro atoms. The van der Waals surface area contributed by atoms with Crippen LogP contribution in [0.25, 0.3) is 11.1 Å². The smallest absolute Gasteiger partial charge is 0.412 e. The van der Waals surface area contributed by atoms with Gasteiger partial charge in [0, 0.05) is 5.69 Å². The average Bonchev–Trinajstić information content (AvgIpc) is 2.45. The molecule has 0 saturated heterocycles. The minimum Gasteiger partial charge on any atom is -0.444 e. The normalized spacial score (nSPS) is 12.5. The van der Waals surface area contributed by atoms with Crippen molar-refractivity contribution in [2.45, 2.75) is 38.2 Å². The van der Waals surface area contributed by atoms with E-state index in [9.17, 15) is 13.6 Å². The van der Waals surface area contributed by atoms with Gasteiger partial charge in [-0.2, -0.15) is 0 Å². The molecule has 2 N–H and O–H groups in total. The van der Waals surface area contributed by atoms with E-state index in [0.717, 1.165) is 16.7 Å². The molecule has 2 aromatic carbocycles. The quantitative estimate of drug-likeness (QED) is 0.796. The molecule has 24 heavy (non-hydrogen) atoms. The number of hydrogen-bond donors (Lipinski definition) is 2. The van der Waals surface area contributed by atoms with Crippen molar-refractivity contribution in [1.82, 2.24) is 0 Å². The van der Waals surface area contributed by atoms with Crippen LogP contribution in [0.3, 0.4) is 0 Å². The zero-order valence-electron chi connectivity index (χ0n) is 14.1. The number of rotatable bonds is 3. The standard InChI is InChI=1S/C18H21NO4S/c1-12-10-14(19-17(20)23-18(2,3)4)8-9-16(12)13-6-5-7-15(11-13)24(21)22/h5-11H,1-4H3,(H,19,20)(H,21,22). The van der Waals surface area contributed by atoms with Gasteiger partial charge in [-0.15, -0.1) is 0 Å². The second-order valence-corrected chi connectivity index (χ2v) is 7.40. The number of nitrogens with one attached hydrogen (secondary N) is 1. The molecule has 2 aromatic rings. The highest BCUT2D eigenvalue weighted by Crippen LogP contribution is 2.27. The van der Waals surface area contributed by atoms with Crippen LogP contribution in [0.5, 0.6) is 0 Å². The molecule has 0 bridgehead atoms. The van der Waals surface area contributed by atoms with Gasteiger partial charge in [-0.1, -0.05) is 18.2 Å². The van der Waals surface area contributed by atoms with Crippen molar-refractivity contribution < 1.29 is 18.3 Å². The minimum absolute atomic E-state index is 0.350. The fourth-order valence-electron chi connectivity index (χ4n) is 2.26. The molecule has 1 amide bonds. The Morgan fingerprint density at radius 3 is 2.46 bits per heavy atom. The van der Waals surface area contributed by atoms with Crippen LogP contribution >= 0.6 is 0 Å². The number of carbonyl (C=O) groups is 1. The number of carbonyl (C=O) groups excluding carboxylic acids is 1. The van der Waals surface area contributed by atoms with Crippen LogP contribution in [0.4, 0.5) is 10.5 Å². The summed E-state index contributed by atoms with van der Waals surface area (Å²) in [6.07, 6.45) is -0.507. The van der Waals surface area contributed by atoms with E-state index in [1.807, 2.05) is 25.1 Å². The summed E-state index contributed by atoms with van der Waals surface area (Å²) in [4.78, 5) is 12.2. The zero-order valence-corrected chi connectivity index (χ0v) is 14.9. The Kier molecular flexibility index (Phi) is 5.41. The fourth-order valence-corrected chi connectivity index (χ4v) is 2.68. The molecule has 0 aromatic heterocycles. The van der Waals surface area contributed by atoms with Gasteiger partial charge in [0.05, 0.1) is 4.90 Å². The van der Waals surface area contributed by atoms with Crippen molar-refractivity contribution in [3.63, 3.8) is 0 Å². The van der Waals surface area contributed by atoms with E-state index in [0.29, 0.717) is 10.6 Å². The number of ether oxygens (including phenoxy) is 1. The number of aryl methyl sites for hydroxylation is 1. The lowest BCUT2D eigenvalue weighted by Crippen LogP contribution is -2.27.